The van der Waals surface area contributed by atoms with Crippen LogP contribution in [0.15, 0.2) is 23.8 Å². The molecule has 5 aliphatic rings. The molecule has 4 heteroatoms. The first-order valence-electron chi connectivity index (χ1n) is 13.7. The van der Waals surface area contributed by atoms with E-state index >= 15 is 0 Å². The third-order valence-corrected chi connectivity index (χ3v) is 12.5. The van der Waals surface area contributed by atoms with Crippen LogP contribution < -0.4 is 0 Å². The van der Waals surface area contributed by atoms with Gasteiger partial charge in [-0.15, -0.1) is 0 Å². The number of allylic oxidation sites excluding steroid dienone is 4. The van der Waals surface area contributed by atoms with Crippen molar-refractivity contribution in [2.24, 2.45) is 50.2 Å². The Morgan fingerprint density at radius 1 is 0.943 bits per heavy atom. The number of fused-ring (bicyclic) bond motifs is 7. The van der Waals surface area contributed by atoms with Gasteiger partial charge in [0.15, 0.2) is 11.6 Å². The highest BCUT2D eigenvalue weighted by Crippen LogP contribution is 2.74. The average Bonchev–Trinajstić information content (AvgIpc) is 2.78. The van der Waals surface area contributed by atoms with E-state index in [0.717, 1.165) is 44.9 Å². The largest absolute Gasteiger partial charge is 0.469 e. The van der Waals surface area contributed by atoms with E-state index in [1.165, 1.54) is 12.7 Å². The van der Waals surface area contributed by atoms with Gasteiger partial charge in [0.25, 0.3) is 0 Å². The van der Waals surface area contributed by atoms with Gasteiger partial charge in [-0.1, -0.05) is 53.2 Å². The van der Waals surface area contributed by atoms with Gasteiger partial charge in [-0.05, 0) is 92.1 Å². The monoisotopic (exact) mass is 480 g/mol. The minimum absolute atomic E-state index is 0.0997. The minimum atomic E-state index is -0.501. The smallest absolute Gasteiger partial charge is 0.311 e. The molecule has 5 rings (SSSR count). The molecule has 35 heavy (non-hydrogen) atoms. The first-order chi connectivity index (χ1) is 16.1. The van der Waals surface area contributed by atoms with Crippen LogP contribution in [0.3, 0.4) is 0 Å². The Hall–Kier alpha value is -1.71. The Bertz CT molecular complexity index is 1070. The van der Waals surface area contributed by atoms with Gasteiger partial charge in [0, 0.05) is 16.7 Å². The van der Waals surface area contributed by atoms with Crippen molar-refractivity contribution in [2.75, 3.05) is 7.11 Å². The van der Waals surface area contributed by atoms with Gasteiger partial charge in [-0.2, -0.15) is 0 Å². The Morgan fingerprint density at radius 2 is 1.60 bits per heavy atom. The van der Waals surface area contributed by atoms with Crippen LogP contribution >= 0.6 is 0 Å². The van der Waals surface area contributed by atoms with E-state index in [1.54, 1.807) is 6.08 Å². The van der Waals surface area contributed by atoms with Crippen molar-refractivity contribution in [3.05, 3.63) is 23.8 Å². The molecule has 3 fully saturated rings. The van der Waals surface area contributed by atoms with Gasteiger partial charge in [-0.3, -0.25) is 14.4 Å². The normalized spacial score (nSPS) is 50.3. The maximum atomic E-state index is 14.2. The number of rotatable bonds is 1. The third-order valence-electron chi connectivity index (χ3n) is 12.5. The fraction of sp³-hybridized carbons (Fsp3) is 0.774. The first-order valence-corrected chi connectivity index (χ1v) is 13.7. The molecule has 0 N–H and O–H groups in total. The molecule has 4 nitrogen and oxygen atoms in total. The fourth-order valence-corrected chi connectivity index (χ4v) is 9.92. The summed E-state index contributed by atoms with van der Waals surface area (Å²) in [5.74, 6) is 0.547. The molecule has 3 saturated carbocycles. The van der Waals surface area contributed by atoms with E-state index in [4.69, 9.17) is 4.74 Å². The van der Waals surface area contributed by atoms with Crippen molar-refractivity contribution in [3.8, 4) is 0 Å². The number of methoxy groups -OCH3 is 1. The number of ether oxygens (including phenoxy) is 1. The van der Waals surface area contributed by atoms with Crippen molar-refractivity contribution >= 4 is 17.5 Å². The minimum Gasteiger partial charge on any atom is -0.469 e. The van der Waals surface area contributed by atoms with Crippen LogP contribution in [0.1, 0.15) is 93.4 Å². The third kappa shape index (κ3) is 2.95. The zero-order valence-corrected chi connectivity index (χ0v) is 23.0. The zero-order valence-electron chi connectivity index (χ0n) is 23.0. The van der Waals surface area contributed by atoms with E-state index in [2.05, 4.69) is 54.5 Å². The summed E-state index contributed by atoms with van der Waals surface area (Å²) in [6.45, 7) is 15.6. The molecule has 0 amide bonds. The summed E-state index contributed by atoms with van der Waals surface area (Å²) in [6, 6.07) is 0. The standard InChI is InChI=1S/C31H44O4/c1-26(2)22-9-12-31(7)24(29(22,5)11-10-23(26)33)21(32)17-19-20-18-28(4,25(34)35-8)14-13-27(20,3)15-16-30(19,31)6/h10-11,17,20,22,24H,9,12-16,18H2,1-8H3/t20-,22?,24+,27+,28?,29-,30+,31+/m0/s1. The number of hydrogen-bond acceptors (Lipinski definition) is 4. The summed E-state index contributed by atoms with van der Waals surface area (Å²) in [5, 5.41) is 0. The van der Waals surface area contributed by atoms with Gasteiger partial charge >= 0.3 is 5.97 Å². The van der Waals surface area contributed by atoms with E-state index < -0.39 is 10.8 Å². The van der Waals surface area contributed by atoms with Crippen LogP contribution in [0.25, 0.3) is 0 Å². The lowest BCUT2D eigenvalue weighted by molar-refractivity contribution is -0.172. The van der Waals surface area contributed by atoms with E-state index in [1.807, 2.05) is 6.08 Å². The number of esters is 1. The van der Waals surface area contributed by atoms with Crippen LogP contribution in [-0.4, -0.2) is 24.6 Å². The number of hydrogen-bond donors (Lipinski definition) is 0. The maximum Gasteiger partial charge on any atom is 0.311 e. The van der Waals surface area contributed by atoms with E-state index in [0.29, 0.717) is 0 Å². The number of ketones is 2. The van der Waals surface area contributed by atoms with Gasteiger partial charge in [0.05, 0.1) is 12.5 Å². The van der Waals surface area contributed by atoms with Crippen molar-refractivity contribution in [1.82, 2.24) is 0 Å². The molecular formula is C31H44O4. The Kier molecular flexibility index (Phi) is 5.13. The topological polar surface area (TPSA) is 60.4 Å². The lowest BCUT2D eigenvalue weighted by Crippen LogP contribution is -2.65. The molecule has 192 valence electrons. The lowest BCUT2D eigenvalue weighted by atomic mass is 9.34. The van der Waals surface area contributed by atoms with Crippen LogP contribution in [0.5, 0.6) is 0 Å². The van der Waals surface area contributed by atoms with Gasteiger partial charge in [0.1, 0.15) is 0 Å². The molecule has 8 atom stereocenters. The SMILES string of the molecule is COC(=O)C1(C)CC[C@]2(C)CC[C@]3(C)C(=CC(=O)[C@@H]4[C@@]5(C)C=CC(=O)C(C)(C)C5CC[C@]43C)[C@@H]2C1. The first kappa shape index (κ1) is 25.0. The van der Waals surface area contributed by atoms with Crippen molar-refractivity contribution in [3.63, 3.8) is 0 Å². The summed E-state index contributed by atoms with van der Waals surface area (Å²) >= 11 is 0. The molecular weight excluding hydrogens is 436 g/mol. The summed E-state index contributed by atoms with van der Waals surface area (Å²) in [5.41, 5.74) is -0.158. The molecule has 2 unspecified atom stereocenters. The van der Waals surface area contributed by atoms with Crippen LogP contribution in [0.2, 0.25) is 0 Å². The second kappa shape index (κ2) is 7.19. The Morgan fingerprint density at radius 3 is 2.26 bits per heavy atom. The summed E-state index contributed by atoms with van der Waals surface area (Å²) < 4.78 is 5.23. The molecule has 0 heterocycles. The highest BCUT2D eigenvalue weighted by atomic mass is 16.5. The Labute approximate surface area is 211 Å². The summed E-state index contributed by atoms with van der Waals surface area (Å²) in [7, 11) is 1.49. The molecule has 0 bridgehead atoms. The molecule has 0 aromatic carbocycles. The summed E-state index contributed by atoms with van der Waals surface area (Å²) in [6.07, 6.45) is 12.6. The second-order valence-electron chi connectivity index (χ2n) is 14.5. The molecule has 5 aliphatic carbocycles. The molecule has 0 radical (unpaired) electrons. The lowest BCUT2D eigenvalue weighted by Gasteiger charge is -2.69. The number of carbonyl (C=O) groups is 3. The summed E-state index contributed by atoms with van der Waals surface area (Å²) in [4.78, 5) is 39.9. The fourth-order valence-electron chi connectivity index (χ4n) is 9.92. The van der Waals surface area contributed by atoms with E-state index in [9.17, 15) is 14.4 Å². The van der Waals surface area contributed by atoms with Crippen LogP contribution in [-0.2, 0) is 19.1 Å². The van der Waals surface area contributed by atoms with Crippen LogP contribution in [0.4, 0.5) is 0 Å². The molecule has 0 aliphatic heterocycles. The molecule has 0 spiro atoms. The average molecular weight is 481 g/mol. The van der Waals surface area contributed by atoms with Gasteiger partial charge < -0.3 is 4.74 Å². The van der Waals surface area contributed by atoms with Gasteiger partial charge in [-0.25, -0.2) is 0 Å². The van der Waals surface area contributed by atoms with Gasteiger partial charge in [0.2, 0.25) is 0 Å². The van der Waals surface area contributed by atoms with E-state index in [-0.39, 0.29) is 56.9 Å². The highest BCUT2D eigenvalue weighted by Gasteiger charge is 2.69. The highest BCUT2D eigenvalue weighted by molar-refractivity contribution is 5.99. The molecule has 0 aromatic rings. The van der Waals surface area contributed by atoms with Crippen molar-refractivity contribution < 1.29 is 19.1 Å². The predicted octanol–water partition coefficient (Wildman–Crippen LogP) is 6.49. The number of carbonyl (C=O) groups excluding carboxylic acids is 3. The second-order valence-corrected chi connectivity index (χ2v) is 14.5. The quantitative estimate of drug-likeness (QED) is 0.403. The molecule has 0 saturated heterocycles. The van der Waals surface area contributed by atoms with Crippen LogP contribution in [0, 0.1) is 50.2 Å². The maximum absolute atomic E-state index is 14.2. The molecule has 0 aromatic heterocycles. The van der Waals surface area contributed by atoms with Crippen molar-refractivity contribution in [1.29, 1.82) is 0 Å². The Balaban J connectivity index is 1.64. The van der Waals surface area contributed by atoms with Crippen molar-refractivity contribution in [2.45, 2.75) is 93.4 Å². The zero-order chi connectivity index (χ0) is 25.8. The predicted molar refractivity (Wildman–Crippen MR) is 136 cm³/mol.